The summed E-state index contributed by atoms with van der Waals surface area (Å²) in [6.45, 7) is 16.9. The first-order valence-corrected chi connectivity index (χ1v) is 10.4. The van der Waals surface area contributed by atoms with Gasteiger partial charge in [0.2, 0.25) is 0 Å². The van der Waals surface area contributed by atoms with Crippen molar-refractivity contribution in [2.75, 3.05) is 45.8 Å². The Balaban J connectivity index is 1.37. The standard InChI is InChI=1S/C22H37N3/c1-4-20-5-7-21(8-6-20)17-23-11-9-22(10-12-23)18-24-13-15-25(16-14-24)19(2)3/h5-8,19,22H,4,9-18H2,1-3H3. The molecular formula is C22H37N3. The zero-order valence-electron chi connectivity index (χ0n) is 16.6. The van der Waals surface area contributed by atoms with Gasteiger partial charge in [-0.25, -0.2) is 0 Å². The summed E-state index contributed by atoms with van der Waals surface area (Å²) in [4.78, 5) is 7.97. The third kappa shape index (κ3) is 5.54. The van der Waals surface area contributed by atoms with Crippen molar-refractivity contribution < 1.29 is 0 Å². The minimum Gasteiger partial charge on any atom is -0.301 e. The van der Waals surface area contributed by atoms with Crippen molar-refractivity contribution in [2.45, 2.75) is 52.6 Å². The van der Waals surface area contributed by atoms with Crippen LogP contribution in [0.2, 0.25) is 0 Å². The third-order valence-corrected chi connectivity index (χ3v) is 6.20. The number of hydrogen-bond acceptors (Lipinski definition) is 3. The van der Waals surface area contributed by atoms with Crippen LogP contribution in [0, 0.1) is 5.92 Å². The predicted octanol–water partition coefficient (Wildman–Crippen LogP) is 3.49. The number of benzene rings is 1. The van der Waals surface area contributed by atoms with Crippen LogP contribution in [0.3, 0.4) is 0 Å². The van der Waals surface area contributed by atoms with Crippen LogP contribution in [0.5, 0.6) is 0 Å². The summed E-state index contributed by atoms with van der Waals surface area (Å²) in [5.41, 5.74) is 2.92. The maximum absolute atomic E-state index is 2.71. The maximum Gasteiger partial charge on any atom is 0.0233 e. The normalized spacial score (nSPS) is 21.9. The fraction of sp³-hybridized carbons (Fsp3) is 0.727. The molecule has 3 rings (SSSR count). The van der Waals surface area contributed by atoms with Gasteiger partial charge in [-0.15, -0.1) is 0 Å². The molecule has 2 aliphatic heterocycles. The van der Waals surface area contributed by atoms with Gasteiger partial charge in [0.1, 0.15) is 0 Å². The number of likely N-dealkylation sites (tertiary alicyclic amines) is 1. The lowest BCUT2D eigenvalue weighted by Gasteiger charge is -2.40. The number of hydrogen-bond donors (Lipinski definition) is 0. The van der Waals surface area contributed by atoms with Gasteiger partial charge >= 0.3 is 0 Å². The van der Waals surface area contributed by atoms with Crippen LogP contribution in [0.1, 0.15) is 44.7 Å². The Hall–Kier alpha value is -0.900. The second-order valence-corrected chi connectivity index (χ2v) is 8.32. The number of piperidine rings is 1. The zero-order chi connectivity index (χ0) is 17.6. The molecule has 3 nitrogen and oxygen atoms in total. The number of rotatable bonds is 6. The molecular weight excluding hydrogens is 306 g/mol. The monoisotopic (exact) mass is 343 g/mol. The molecule has 0 N–H and O–H groups in total. The van der Waals surface area contributed by atoms with E-state index in [4.69, 9.17) is 0 Å². The summed E-state index contributed by atoms with van der Waals surface area (Å²) in [5.74, 6) is 0.907. The largest absolute Gasteiger partial charge is 0.301 e. The van der Waals surface area contributed by atoms with Crippen LogP contribution in [0.15, 0.2) is 24.3 Å². The third-order valence-electron chi connectivity index (χ3n) is 6.20. The molecule has 2 fully saturated rings. The smallest absolute Gasteiger partial charge is 0.0233 e. The van der Waals surface area contributed by atoms with E-state index in [1.54, 1.807) is 0 Å². The molecule has 0 aliphatic carbocycles. The summed E-state index contributed by atoms with van der Waals surface area (Å²) >= 11 is 0. The van der Waals surface area contributed by atoms with E-state index < -0.39 is 0 Å². The van der Waals surface area contributed by atoms with Crippen molar-refractivity contribution in [3.05, 3.63) is 35.4 Å². The molecule has 0 unspecified atom stereocenters. The minimum absolute atomic E-state index is 0.705. The fourth-order valence-corrected chi connectivity index (χ4v) is 4.29. The Morgan fingerprint density at radius 2 is 1.44 bits per heavy atom. The molecule has 0 bridgehead atoms. The second-order valence-electron chi connectivity index (χ2n) is 8.32. The molecule has 1 aromatic carbocycles. The highest BCUT2D eigenvalue weighted by Gasteiger charge is 2.24. The Kier molecular flexibility index (Phi) is 6.92. The molecule has 0 amide bonds. The number of aryl methyl sites for hydroxylation is 1. The molecule has 2 heterocycles. The average Bonchev–Trinajstić information content (AvgIpc) is 2.64. The molecule has 0 atom stereocenters. The van der Waals surface area contributed by atoms with Gasteiger partial charge in [0, 0.05) is 45.3 Å². The summed E-state index contributed by atoms with van der Waals surface area (Å²) in [6.07, 6.45) is 3.88. The summed E-state index contributed by atoms with van der Waals surface area (Å²) in [6, 6.07) is 9.92. The molecule has 2 aliphatic rings. The van der Waals surface area contributed by atoms with Gasteiger partial charge < -0.3 is 4.90 Å². The van der Waals surface area contributed by atoms with Crippen LogP contribution in [-0.4, -0.2) is 66.6 Å². The molecule has 0 aromatic heterocycles. The summed E-state index contributed by atoms with van der Waals surface area (Å²) in [5, 5.41) is 0. The molecule has 1 aromatic rings. The van der Waals surface area contributed by atoms with E-state index in [0.29, 0.717) is 6.04 Å². The van der Waals surface area contributed by atoms with Crippen molar-refractivity contribution in [2.24, 2.45) is 5.92 Å². The highest BCUT2D eigenvalue weighted by Crippen LogP contribution is 2.21. The lowest BCUT2D eigenvalue weighted by Crippen LogP contribution is -2.50. The molecule has 0 radical (unpaired) electrons. The molecule has 25 heavy (non-hydrogen) atoms. The molecule has 0 spiro atoms. The number of nitrogens with zero attached hydrogens (tertiary/aromatic N) is 3. The highest BCUT2D eigenvalue weighted by molar-refractivity contribution is 5.22. The Morgan fingerprint density at radius 3 is 2.00 bits per heavy atom. The highest BCUT2D eigenvalue weighted by atomic mass is 15.3. The van der Waals surface area contributed by atoms with E-state index in [0.717, 1.165) is 18.9 Å². The first-order chi connectivity index (χ1) is 12.1. The van der Waals surface area contributed by atoms with Crippen LogP contribution in [-0.2, 0) is 13.0 Å². The minimum atomic E-state index is 0.705. The van der Waals surface area contributed by atoms with E-state index >= 15 is 0 Å². The van der Waals surface area contributed by atoms with E-state index in [-0.39, 0.29) is 0 Å². The topological polar surface area (TPSA) is 9.72 Å². The van der Waals surface area contributed by atoms with Gasteiger partial charge in [0.25, 0.3) is 0 Å². The summed E-state index contributed by atoms with van der Waals surface area (Å²) in [7, 11) is 0. The molecule has 0 saturated carbocycles. The lowest BCUT2D eigenvalue weighted by molar-refractivity contribution is 0.0799. The number of piperazine rings is 1. The van der Waals surface area contributed by atoms with Crippen molar-refractivity contribution >= 4 is 0 Å². The average molecular weight is 344 g/mol. The van der Waals surface area contributed by atoms with Crippen LogP contribution in [0.4, 0.5) is 0 Å². The SMILES string of the molecule is CCc1ccc(CN2CCC(CN3CCN(C(C)C)CC3)CC2)cc1. The lowest BCUT2D eigenvalue weighted by atomic mass is 9.95. The Bertz CT molecular complexity index is 495. The van der Waals surface area contributed by atoms with E-state index in [1.165, 1.54) is 69.8 Å². The maximum atomic E-state index is 2.71. The van der Waals surface area contributed by atoms with Gasteiger partial charge in [-0.05, 0) is 63.2 Å². The quantitative estimate of drug-likeness (QED) is 0.783. The fourth-order valence-electron chi connectivity index (χ4n) is 4.29. The Morgan fingerprint density at radius 1 is 0.840 bits per heavy atom. The Labute approximate surface area is 155 Å². The van der Waals surface area contributed by atoms with E-state index in [2.05, 4.69) is 59.7 Å². The predicted molar refractivity (Wildman–Crippen MR) is 107 cm³/mol. The molecule has 2 saturated heterocycles. The van der Waals surface area contributed by atoms with Crippen LogP contribution in [0.25, 0.3) is 0 Å². The van der Waals surface area contributed by atoms with Gasteiger partial charge in [-0.1, -0.05) is 31.2 Å². The van der Waals surface area contributed by atoms with Gasteiger partial charge in [-0.2, -0.15) is 0 Å². The van der Waals surface area contributed by atoms with E-state index in [1.807, 2.05) is 0 Å². The van der Waals surface area contributed by atoms with Crippen molar-refractivity contribution in [1.29, 1.82) is 0 Å². The van der Waals surface area contributed by atoms with Crippen molar-refractivity contribution in [1.82, 2.24) is 14.7 Å². The van der Waals surface area contributed by atoms with Crippen molar-refractivity contribution in [3.63, 3.8) is 0 Å². The molecule has 3 heteroatoms. The first kappa shape index (κ1) is 18.9. The van der Waals surface area contributed by atoms with Crippen LogP contribution < -0.4 is 0 Å². The first-order valence-electron chi connectivity index (χ1n) is 10.4. The molecule has 140 valence electrons. The second kappa shape index (κ2) is 9.16. The van der Waals surface area contributed by atoms with Crippen molar-refractivity contribution in [3.8, 4) is 0 Å². The summed E-state index contributed by atoms with van der Waals surface area (Å²) < 4.78 is 0. The van der Waals surface area contributed by atoms with Gasteiger partial charge in [0.15, 0.2) is 0 Å². The zero-order valence-corrected chi connectivity index (χ0v) is 16.6. The van der Waals surface area contributed by atoms with Gasteiger partial charge in [0.05, 0.1) is 0 Å². The van der Waals surface area contributed by atoms with Gasteiger partial charge in [-0.3, -0.25) is 9.80 Å². The van der Waals surface area contributed by atoms with E-state index in [9.17, 15) is 0 Å². The van der Waals surface area contributed by atoms with Crippen LogP contribution >= 0.6 is 0 Å².